The maximum Gasteiger partial charge on any atom is 0.307 e. The molecular weight excluding hydrogens is 220 g/mol. The Bertz CT molecular complexity index is 311. The summed E-state index contributed by atoms with van der Waals surface area (Å²) in [6, 6.07) is 0. The molecule has 1 atom stereocenters. The summed E-state index contributed by atoms with van der Waals surface area (Å²) in [6.45, 7) is 2.42. The van der Waals surface area contributed by atoms with Crippen molar-refractivity contribution in [3.63, 3.8) is 0 Å². The van der Waals surface area contributed by atoms with Gasteiger partial charge in [-0.1, -0.05) is 0 Å². The molecule has 5 heteroatoms. The van der Waals surface area contributed by atoms with E-state index < -0.39 is 0 Å². The quantitative estimate of drug-likeness (QED) is 0.682. The number of nitrogens with one attached hydrogen (secondary N) is 2. The van der Waals surface area contributed by atoms with Gasteiger partial charge in [0.2, 0.25) is 5.91 Å². The Hall–Kier alpha value is -1.10. The molecular formula is C12H20N2O3. The van der Waals surface area contributed by atoms with E-state index in [1.54, 1.807) is 0 Å². The van der Waals surface area contributed by atoms with Gasteiger partial charge >= 0.3 is 5.97 Å². The predicted molar refractivity (Wildman–Crippen MR) is 62.3 cm³/mol. The molecule has 1 aliphatic heterocycles. The van der Waals surface area contributed by atoms with Crippen LogP contribution in [0.1, 0.15) is 25.7 Å². The standard InChI is InChI=1S/C12H20N2O3/c1-17-10(15)2-5-14-11(16)9-8-12(9)3-6-13-7-4-12/h9,13H,2-8H2,1H3,(H,14,16). The fourth-order valence-corrected chi connectivity index (χ4v) is 2.71. The number of rotatable bonds is 4. The Morgan fingerprint density at radius 1 is 1.41 bits per heavy atom. The van der Waals surface area contributed by atoms with Crippen LogP contribution >= 0.6 is 0 Å². The lowest BCUT2D eigenvalue weighted by molar-refractivity contribution is -0.140. The summed E-state index contributed by atoms with van der Waals surface area (Å²) in [5.74, 6) is -0.00396. The fraction of sp³-hybridized carbons (Fsp3) is 0.833. The highest BCUT2D eigenvalue weighted by molar-refractivity contribution is 5.83. The van der Waals surface area contributed by atoms with Gasteiger partial charge in [0.25, 0.3) is 0 Å². The average molecular weight is 240 g/mol. The molecule has 1 unspecified atom stereocenters. The van der Waals surface area contributed by atoms with Crippen molar-refractivity contribution >= 4 is 11.9 Å². The van der Waals surface area contributed by atoms with E-state index in [0.717, 1.165) is 32.4 Å². The molecule has 2 fully saturated rings. The van der Waals surface area contributed by atoms with E-state index >= 15 is 0 Å². The van der Waals surface area contributed by atoms with Crippen LogP contribution in [0.3, 0.4) is 0 Å². The topological polar surface area (TPSA) is 67.4 Å². The highest BCUT2D eigenvalue weighted by atomic mass is 16.5. The van der Waals surface area contributed by atoms with E-state index in [0.29, 0.717) is 6.54 Å². The minimum Gasteiger partial charge on any atom is -0.469 e. The zero-order chi connectivity index (χ0) is 12.3. The number of carbonyl (C=O) groups excluding carboxylic acids is 2. The van der Waals surface area contributed by atoms with Crippen LogP contribution in [0.5, 0.6) is 0 Å². The molecule has 2 rings (SSSR count). The number of ether oxygens (including phenoxy) is 1. The van der Waals surface area contributed by atoms with Gasteiger partial charge in [-0.15, -0.1) is 0 Å². The van der Waals surface area contributed by atoms with Crippen LogP contribution in [0.25, 0.3) is 0 Å². The van der Waals surface area contributed by atoms with Gasteiger partial charge in [0.1, 0.15) is 0 Å². The van der Waals surface area contributed by atoms with Gasteiger partial charge in [-0.2, -0.15) is 0 Å². The van der Waals surface area contributed by atoms with E-state index in [2.05, 4.69) is 15.4 Å². The first-order valence-electron chi connectivity index (χ1n) is 6.23. The second-order valence-corrected chi connectivity index (χ2v) is 4.99. The molecule has 1 aliphatic carbocycles. The number of carbonyl (C=O) groups is 2. The Balaban J connectivity index is 1.69. The minimum absolute atomic E-state index is 0.107. The molecule has 1 saturated carbocycles. The third-order valence-corrected chi connectivity index (χ3v) is 3.96. The van der Waals surface area contributed by atoms with Gasteiger partial charge in [-0.05, 0) is 37.8 Å². The molecule has 1 heterocycles. The third kappa shape index (κ3) is 2.77. The summed E-state index contributed by atoms with van der Waals surface area (Å²) < 4.78 is 4.52. The van der Waals surface area contributed by atoms with Crippen LogP contribution in [0.15, 0.2) is 0 Å². The molecule has 2 aliphatic rings. The molecule has 1 spiro atoms. The van der Waals surface area contributed by atoms with Crippen LogP contribution in [-0.2, 0) is 14.3 Å². The molecule has 0 radical (unpaired) electrons. The summed E-state index contributed by atoms with van der Waals surface area (Å²) in [5, 5.41) is 6.13. The van der Waals surface area contributed by atoms with E-state index in [1.165, 1.54) is 7.11 Å². The highest BCUT2D eigenvalue weighted by Crippen LogP contribution is 2.58. The molecule has 17 heavy (non-hydrogen) atoms. The number of amides is 1. The van der Waals surface area contributed by atoms with Crippen molar-refractivity contribution in [3.05, 3.63) is 0 Å². The Morgan fingerprint density at radius 2 is 2.12 bits per heavy atom. The summed E-state index contributed by atoms with van der Waals surface area (Å²) in [4.78, 5) is 22.8. The average Bonchev–Trinajstić information content (AvgIpc) is 3.03. The lowest BCUT2D eigenvalue weighted by atomic mass is 9.92. The van der Waals surface area contributed by atoms with E-state index in [1.807, 2.05) is 0 Å². The zero-order valence-corrected chi connectivity index (χ0v) is 10.3. The lowest BCUT2D eigenvalue weighted by Gasteiger charge is -2.23. The lowest BCUT2D eigenvalue weighted by Crippen LogP contribution is -2.34. The molecule has 0 aromatic carbocycles. The van der Waals surface area contributed by atoms with Gasteiger partial charge in [-0.25, -0.2) is 0 Å². The van der Waals surface area contributed by atoms with Gasteiger partial charge < -0.3 is 15.4 Å². The van der Waals surface area contributed by atoms with Gasteiger partial charge in [-0.3, -0.25) is 9.59 Å². The predicted octanol–water partition coefficient (Wildman–Crippen LogP) is 0.0554. The smallest absolute Gasteiger partial charge is 0.307 e. The van der Waals surface area contributed by atoms with Crippen molar-refractivity contribution in [2.24, 2.45) is 11.3 Å². The second-order valence-electron chi connectivity index (χ2n) is 4.99. The van der Waals surface area contributed by atoms with Crippen LogP contribution < -0.4 is 10.6 Å². The molecule has 0 bridgehead atoms. The molecule has 2 N–H and O–H groups in total. The summed E-state index contributed by atoms with van der Waals surface area (Å²) in [5.41, 5.74) is 0.264. The van der Waals surface area contributed by atoms with Crippen molar-refractivity contribution in [3.8, 4) is 0 Å². The SMILES string of the molecule is COC(=O)CCNC(=O)C1CC12CCNCC2. The summed E-state index contributed by atoms with van der Waals surface area (Å²) in [7, 11) is 1.36. The number of hydrogen-bond donors (Lipinski definition) is 2. The maximum absolute atomic E-state index is 11.9. The van der Waals surface area contributed by atoms with Crippen LogP contribution in [0, 0.1) is 11.3 Å². The summed E-state index contributed by atoms with van der Waals surface area (Å²) in [6.07, 6.45) is 3.46. The fourth-order valence-electron chi connectivity index (χ4n) is 2.71. The van der Waals surface area contributed by atoms with Crippen LogP contribution in [-0.4, -0.2) is 38.6 Å². The second kappa shape index (κ2) is 5.04. The Labute approximate surface area is 101 Å². The molecule has 1 amide bonds. The Kier molecular flexibility index (Phi) is 3.66. The van der Waals surface area contributed by atoms with Crippen molar-refractivity contribution in [1.82, 2.24) is 10.6 Å². The number of methoxy groups -OCH3 is 1. The van der Waals surface area contributed by atoms with Gasteiger partial charge in [0, 0.05) is 12.5 Å². The van der Waals surface area contributed by atoms with Crippen LogP contribution in [0.4, 0.5) is 0 Å². The minimum atomic E-state index is -0.280. The first-order chi connectivity index (χ1) is 8.18. The van der Waals surface area contributed by atoms with Crippen molar-refractivity contribution in [1.29, 1.82) is 0 Å². The van der Waals surface area contributed by atoms with Gasteiger partial charge in [0.05, 0.1) is 13.5 Å². The number of hydrogen-bond acceptors (Lipinski definition) is 4. The molecule has 0 aromatic rings. The van der Waals surface area contributed by atoms with Gasteiger partial charge in [0.15, 0.2) is 0 Å². The maximum atomic E-state index is 11.9. The third-order valence-electron chi connectivity index (χ3n) is 3.96. The van der Waals surface area contributed by atoms with E-state index in [9.17, 15) is 9.59 Å². The molecule has 0 aromatic heterocycles. The van der Waals surface area contributed by atoms with Crippen LogP contribution in [0.2, 0.25) is 0 Å². The largest absolute Gasteiger partial charge is 0.469 e. The van der Waals surface area contributed by atoms with Crippen molar-refractivity contribution in [2.45, 2.75) is 25.7 Å². The van der Waals surface area contributed by atoms with E-state index in [-0.39, 0.29) is 29.6 Å². The first kappa shape index (κ1) is 12.4. The monoisotopic (exact) mass is 240 g/mol. The first-order valence-corrected chi connectivity index (χ1v) is 6.23. The zero-order valence-electron chi connectivity index (χ0n) is 10.3. The molecule has 5 nitrogen and oxygen atoms in total. The normalized spacial score (nSPS) is 25.4. The van der Waals surface area contributed by atoms with E-state index in [4.69, 9.17) is 0 Å². The molecule has 1 saturated heterocycles. The summed E-state index contributed by atoms with van der Waals surface area (Å²) >= 11 is 0. The highest BCUT2D eigenvalue weighted by Gasteiger charge is 2.57. The molecule has 96 valence electrons. The Morgan fingerprint density at radius 3 is 2.76 bits per heavy atom. The van der Waals surface area contributed by atoms with Crippen molar-refractivity contribution < 1.29 is 14.3 Å². The van der Waals surface area contributed by atoms with Crippen molar-refractivity contribution in [2.75, 3.05) is 26.7 Å². The number of esters is 1. The number of piperidine rings is 1.